The third kappa shape index (κ3) is 2.99. The Balaban J connectivity index is 1.94. The summed E-state index contributed by atoms with van der Waals surface area (Å²) in [6, 6.07) is 1.61. The molecule has 0 bridgehead atoms. The average Bonchev–Trinajstić information content (AvgIpc) is 2.90. The van der Waals surface area contributed by atoms with E-state index in [4.69, 9.17) is 0 Å². The van der Waals surface area contributed by atoms with Gasteiger partial charge in [0.25, 0.3) is 0 Å². The summed E-state index contributed by atoms with van der Waals surface area (Å²) in [6.45, 7) is 5.36. The molecule has 0 aliphatic rings. The maximum Gasteiger partial charge on any atom is 0.324 e. The van der Waals surface area contributed by atoms with E-state index in [1.54, 1.807) is 6.07 Å². The van der Waals surface area contributed by atoms with Crippen molar-refractivity contribution < 1.29 is 4.92 Å². The van der Waals surface area contributed by atoms with Crippen LogP contribution in [0.15, 0.2) is 11.4 Å². The van der Waals surface area contributed by atoms with Crippen molar-refractivity contribution in [2.45, 2.75) is 26.9 Å². The van der Waals surface area contributed by atoms with Gasteiger partial charge in [0.15, 0.2) is 0 Å². The lowest BCUT2D eigenvalue weighted by atomic mass is 10.2. The van der Waals surface area contributed by atoms with Gasteiger partial charge in [0.1, 0.15) is 0 Å². The Labute approximate surface area is 115 Å². The fraction of sp³-hybridized carbons (Fsp3) is 0.417. The van der Waals surface area contributed by atoms with Crippen LogP contribution in [0.3, 0.4) is 0 Å². The van der Waals surface area contributed by atoms with Gasteiger partial charge in [0.2, 0.25) is 0 Å². The van der Waals surface area contributed by atoms with Crippen LogP contribution in [0.25, 0.3) is 0 Å². The number of hydrogen-bond acceptors (Lipinski definition) is 5. The van der Waals surface area contributed by atoms with E-state index < -0.39 is 0 Å². The molecule has 0 radical (unpaired) electrons. The van der Waals surface area contributed by atoms with Crippen molar-refractivity contribution in [2.75, 3.05) is 0 Å². The zero-order chi connectivity index (χ0) is 14.0. The second-order valence-corrected chi connectivity index (χ2v) is 5.32. The largest absolute Gasteiger partial charge is 0.324 e. The highest BCUT2D eigenvalue weighted by molar-refractivity contribution is 7.13. The van der Waals surface area contributed by atoms with Crippen molar-refractivity contribution in [3.8, 4) is 0 Å². The summed E-state index contributed by atoms with van der Waals surface area (Å²) in [5.41, 5.74) is 4.29. The van der Waals surface area contributed by atoms with Gasteiger partial charge in [-0.1, -0.05) is 11.3 Å². The van der Waals surface area contributed by atoms with Crippen LogP contribution in [0.2, 0.25) is 0 Å². The van der Waals surface area contributed by atoms with E-state index in [2.05, 4.69) is 10.4 Å². The third-order valence-corrected chi connectivity index (χ3v) is 4.04. The maximum absolute atomic E-state index is 10.6. The topological polar surface area (TPSA) is 73.0 Å². The molecule has 19 heavy (non-hydrogen) atoms. The number of aromatic nitrogens is 2. The highest BCUT2D eigenvalue weighted by Gasteiger charge is 2.11. The van der Waals surface area contributed by atoms with Crippen molar-refractivity contribution in [1.82, 2.24) is 15.1 Å². The van der Waals surface area contributed by atoms with Crippen LogP contribution in [0, 0.1) is 24.0 Å². The lowest BCUT2D eigenvalue weighted by molar-refractivity contribution is -0.380. The molecule has 7 heteroatoms. The van der Waals surface area contributed by atoms with E-state index in [0.29, 0.717) is 6.54 Å². The molecule has 2 rings (SSSR count). The average molecular weight is 280 g/mol. The Bertz CT molecular complexity index is 603. The minimum absolute atomic E-state index is 0.186. The predicted molar refractivity (Wildman–Crippen MR) is 74.2 cm³/mol. The van der Waals surface area contributed by atoms with Gasteiger partial charge >= 0.3 is 5.00 Å². The standard InChI is InChI=1S/C12H16N4O2S/c1-8-11(9(2)15(3)14-8)6-13-5-10-4-12(16(17)18)19-7-10/h4,7,13H,5-6H2,1-3H3. The zero-order valence-corrected chi connectivity index (χ0v) is 12.0. The summed E-state index contributed by atoms with van der Waals surface area (Å²) in [6.07, 6.45) is 0. The van der Waals surface area contributed by atoms with Crippen LogP contribution in [-0.4, -0.2) is 14.7 Å². The van der Waals surface area contributed by atoms with Crippen molar-refractivity contribution in [3.63, 3.8) is 0 Å². The maximum atomic E-state index is 10.6. The summed E-state index contributed by atoms with van der Waals surface area (Å²) < 4.78 is 1.86. The van der Waals surface area contributed by atoms with E-state index in [1.807, 2.05) is 31.0 Å². The molecule has 0 spiro atoms. The molecule has 0 atom stereocenters. The Kier molecular flexibility index (Phi) is 3.96. The highest BCUT2D eigenvalue weighted by Crippen LogP contribution is 2.22. The Hall–Kier alpha value is -1.73. The van der Waals surface area contributed by atoms with Gasteiger partial charge in [-0.15, -0.1) is 0 Å². The van der Waals surface area contributed by atoms with Crippen molar-refractivity contribution in [1.29, 1.82) is 0 Å². The first-order valence-corrected chi connectivity index (χ1v) is 6.78. The number of nitro groups is 1. The van der Waals surface area contributed by atoms with Crippen LogP contribution >= 0.6 is 11.3 Å². The van der Waals surface area contributed by atoms with E-state index >= 15 is 0 Å². The fourth-order valence-corrected chi connectivity index (χ4v) is 2.69. The fourth-order valence-electron chi connectivity index (χ4n) is 1.96. The molecule has 0 saturated heterocycles. The Morgan fingerprint density at radius 3 is 2.74 bits per heavy atom. The summed E-state index contributed by atoms with van der Waals surface area (Å²) in [4.78, 5) is 10.2. The van der Waals surface area contributed by atoms with Gasteiger partial charge in [-0.25, -0.2) is 0 Å². The van der Waals surface area contributed by atoms with Crippen LogP contribution in [-0.2, 0) is 20.1 Å². The molecule has 2 heterocycles. The highest BCUT2D eigenvalue weighted by atomic mass is 32.1. The molecule has 0 saturated carbocycles. The van der Waals surface area contributed by atoms with Crippen LogP contribution in [0.1, 0.15) is 22.5 Å². The molecule has 0 amide bonds. The summed E-state index contributed by atoms with van der Waals surface area (Å²) >= 11 is 1.16. The summed E-state index contributed by atoms with van der Waals surface area (Å²) in [5.74, 6) is 0. The minimum Gasteiger partial charge on any atom is -0.308 e. The lowest BCUT2D eigenvalue weighted by Crippen LogP contribution is -2.13. The molecule has 6 nitrogen and oxygen atoms in total. The molecule has 1 N–H and O–H groups in total. The molecular formula is C12H16N4O2S. The van der Waals surface area contributed by atoms with E-state index in [0.717, 1.165) is 34.8 Å². The quantitative estimate of drug-likeness (QED) is 0.673. The third-order valence-electron chi connectivity index (χ3n) is 3.11. The minimum atomic E-state index is -0.358. The summed E-state index contributed by atoms with van der Waals surface area (Å²) in [5, 5.41) is 20.2. The van der Waals surface area contributed by atoms with Gasteiger partial charge in [-0.2, -0.15) is 5.10 Å². The van der Waals surface area contributed by atoms with Gasteiger partial charge < -0.3 is 5.32 Å². The van der Waals surface area contributed by atoms with Crippen molar-refractivity contribution in [3.05, 3.63) is 44.1 Å². The molecule has 102 valence electrons. The lowest BCUT2D eigenvalue weighted by Gasteiger charge is -2.04. The first-order chi connectivity index (χ1) is 8.99. The number of hydrogen-bond donors (Lipinski definition) is 1. The smallest absolute Gasteiger partial charge is 0.308 e. The first-order valence-electron chi connectivity index (χ1n) is 5.90. The van der Waals surface area contributed by atoms with Crippen LogP contribution in [0.5, 0.6) is 0 Å². The van der Waals surface area contributed by atoms with Gasteiger partial charge in [-0.3, -0.25) is 14.8 Å². The second kappa shape index (κ2) is 5.50. The predicted octanol–water partition coefficient (Wildman–Crippen LogP) is 2.30. The molecule has 0 aliphatic heterocycles. The van der Waals surface area contributed by atoms with E-state index in [1.165, 1.54) is 5.56 Å². The molecule has 0 fully saturated rings. The number of nitrogens with zero attached hydrogens (tertiary/aromatic N) is 3. The Morgan fingerprint density at radius 2 is 2.21 bits per heavy atom. The van der Waals surface area contributed by atoms with Crippen molar-refractivity contribution in [2.24, 2.45) is 7.05 Å². The number of nitrogens with one attached hydrogen (secondary N) is 1. The second-order valence-electron chi connectivity index (χ2n) is 4.43. The van der Waals surface area contributed by atoms with Crippen LogP contribution in [0.4, 0.5) is 5.00 Å². The number of thiophene rings is 1. The normalized spacial score (nSPS) is 10.9. The SMILES string of the molecule is Cc1nn(C)c(C)c1CNCc1csc([N+](=O)[O-])c1. The molecule has 0 aliphatic carbocycles. The molecule has 0 aromatic carbocycles. The molecule has 2 aromatic heterocycles. The van der Waals surface area contributed by atoms with Crippen LogP contribution < -0.4 is 5.32 Å². The number of aryl methyl sites for hydroxylation is 2. The summed E-state index contributed by atoms with van der Waals surface area (Å²) in [7, 11) is 1.92. The van der Waals surface area contributed by atoms with Gasteiger partial charge in [0.05, 0.1) is 10.6 Å². The zero-order valence-electron chi connectivity index (χ0n) is 11.1. The van der Waals surface area contributed by atoms with Gasteiger partial charge in [-0.05, 0) is 19.4 Å². The molecular weight excluding hydrogens is 264 g/mol. The Morgan fingerprint density at radius 1 is 1.47 bits per heavy atom. The van der Waals surface area contributed by atoms with Gasteiger partial charge in [0, 0.05) is 42.8 Å². The first kappa shape index (κ1) is 13.7. The monoisotopic (exact) mass is 280 g/mol. The van der Waals surface area contributed by atoms with E-state index in [-0.39, 0.29) is 9.92 Å². The number of rotatable bonds is 5. The molecule has 0 unspecified atom stereocenters. The van der Waals surface area contributed by atoms with E-state index in [9.17, 15) is 10.1 Å². The molecule has 2 aromatic rings. The van der Waals surface area contributed by atoms with Crippen molar-refractivity contribution >= 4 is 16.3 Å².